The summed E-state index contributed by atoms with van der Waals surface area (Å²) in [7, 11) is 0. The van der Waals surface area contributed by atoms with Gasteiger partial charge in [-0.3, -0.25) is 9.59 Å². The predicted octanol–water partition coefficient (Wildman–Crippen LogP) is 4.85. The number of phenolic OH excluding ortho intramolecular Hbond substituents is 1. The summed E-state index contributed by atoms with van der Waals surface area (Å²) in [5.41, 5.74) is 4.24. The Morgan fingerprint density at radius 1 is 0.971 bits per heavy atom. The summed E-state index contributed by atoms with van der Waals surface area (Å²) in [6.07, 6.45) is 2.46. The minimum Gasteiger partial charge on any atom is -0.508 e. The molecule has 4 aromatic rings. The summed E-state index contributed by atoms with van der Waals surface area (Å²) in [6.45, 7) is 2.23. The maximum absolute atomic E-state index is 13.2. The van der Waals surface area contributed by atoms with Crippen molar-refractivity contribution >= 4 is 28.4 Å². The molecule has 0 bridgehead atoms. The number of para-hydroxylation sites is 1. The van der Waals surface area contributed by atoms with Gasteiger partial charge in [0.2, 0.25) is 0 Å². The maximum Gasteiger partial charge on any atom is 0.295 e. The van der Waals surface area contributed by atoms with Gasteiger partial charge in [0.15, 0.2) is 0 Å². The number of aryl methyl sites for hydroxylation is 1. The minimum atomic E-state index is -0.757. The number of ketones is 1. The number of aromatic hydroxyl groups is 1. The molecule has 2 heterocycles. The van der Waals surface area contributed by atoms with Gasteiger partial charge in [-0.2, -0.15) is 0 Å². The van der Waals surface area contributed by atoms with Crippen molar-refractivity contribution in [1.29, 1.82) is 0 Å². The number of aromatic amines is 1. The number of H-pyrrole nitrogens is 1. The summed E-state index contributed by atoms with van der Waals surface area (Å²) in [4.78, 5) is 31.1. The van der Waals surface area contributed by atoms with Crippen LogP contribution in [-0.4, -0.2) is 38.3 Å². The van der Waals surface area contributed by atoms with Gasteiger partial charge in [-0.1, -0.05) is 60.2 Å². The molecule has 3 aromatic carbocycles. The van der Waals surface area contributed by atoms with Crippen LogP contribution in [0.5, 0.6) is 5.75 Å². The van der Waals surface area contributed by atoms with Crippen molar-refractivity contribution in [2.45, 2.75) is 19.4 Å². The highest BCUT2D eigenvalue weighted by Crippen LogP contribution is 2.40. The van der Waals surface area contributed by atoms with Gasteiger partial charge in [-0.05, 0) is 42.7 Å². The van der Waals surface area contributed by atoms with Crippen LogP contribution in [0.4, 0.5) is 0 Å². The van der Waals surface area contributed by atoms with E-state index in [9.17, 15) is 19.8 Å². The number of phenols is 1. The van der Waals surface area contributed by atoms with Gasteiger partial charge in [0.05, 0.1) is 11.6 Å². The number of rotatable bonds is 5. The highest BCUT2D eigenvalue weighted by Gasteiger charge is 2.45. The molecule has 1 atom stereocenters. The van der Waals surface area contributed by atoms with Crippen LogP contribution in [0.15, 0.2) is 84.6 Å². The fourth-order valence-corrected chi connectivity index (χ4v) is 4.56. The lowest BCUT2D eigenvalue weighted by Gasteiger charge is -2.25. The summed E-state index contributed by atoms with van der Waals surface area (Å²) in [5, 5.41) is 22.0. The first-order valence-corrected chi connectivity index (χ1v) is 11.1. The number of aliphatic hydroxyl groups excluding tert-OH is 1. The van der Waals surface area contributed by atoms with Gasteiger partial charge in [0.1, 0.15) is 11.5 Å². The van der Waals surface area contributed by atoms with Gasteiger partial charge in [0, 0.05) is 29.2 Å². The van der Waals surface area contributed by atoms with E-state index in [0.29, 0.717) is 24.1 Å². The van der Waals surface area contributed by atoms with Crippen LogP contribution in [0.3, 0.4) is 0 Å². The van der Waals surface area contributed by atoms with Crippen LogP contribution in [0, 0.1) is 6.92 Å². The number of fused-ring (bicyclic) bond motifs is 1. The molecule has 1 unspecified atom stereocenters. The molecule has 1 aliphatic rings. The van der Waals surface area contributed by atoms with Crippen molar-refractivity contribution in [3.8, 4) is 5.75 Å². The van der Waals surface area contributed by atoms with E-state index in [1.165, 1.54) is 17.0 Å². The zero-order valence-electron chi connectivity index (χ0n) is 18.7. The van der Waals surface area contributed by atoms with E-state index in [1.54, 1.807) is 24.3 Å². The SMILES string of the molecule is Cc1ccc(/C(O)=C2\C(=O)C(=O)N(CCc3c[nH]c4ccccc34)C2c2ccc(O)cc2)cc1. The summed E-state index contributed by atoms with van der Waals surface area (Å²) in [5.74, 6) is -1.48. The van der Waals surface area contributed by atoms with Crippen LogP contribution >= 0.6 is 0 Å². The van der Waals surface area contributed by atoms with E-state index >= 15 is 0 Å². The third-order valence-electron chi connectivity index (χ3n) is 6.37. The first kappa shape index (κ1) is 21.5. The number of aliphatic hydroxyl groups is 1. The van der Waals surface area contributed by atoms with Crippen LogP contribution in [0.2, 0.25) is 0 Å². The van der Waals surface area contributed by atoms with E-state index in [4.69, 9.17) is 0 Å². The minimum absolute atomic E-state index is 0.0541. The number of nitrogens with zero attached hydrogens (tertiary/aromatic N) is 1. The van der Waals surface area contributed by atoms with E-state index in [2.05, 4.69) is 4.98 Å². The molecule has 34 heavy (non-hydrogen) atoms. The van der Waals surface area contributed by atoms with Crippen molar-refractivity contribution in [3.63, 3.8) is 0 Å². The Morgan fingerprint density at radius 2 is 1.68 bits per heavy atom. The first-order valence-electron chi connectivity index (χ1n) is 11.1. The topological polar surface area (TPSA) is 93.6 Å². The zero-order valence-corrected chi connectivity index (χ0v) is 18.7. The highest BCUT2D eigenvalue weighted by atomic mass is 16.3. The number of nitrogens with one attached hydrogen (secondary N) is 1. The normalized spacial score (nSPS) is 17.6. The smallest absolute Gasteiger partial charge is 0.295 e. The van der Waals surface area contributed by atoms with E-state index < -0.39 is 17.7 Å². The van der Waals surface area contributed by atoms with E-state index in [-0.39, 0.29) is 17.1 Å². The lowest BCUT2D eigenvalue weighted by molar-refractivity contribution is -0.139. The second-order valence-corrected chi connectivity index (χ2v) is 8.56. The van der Waals surface area contributed by atoms with Crippen LogP contribution in [0.1, 0.15) is 28.3 Å². The number of likely N-dealkylation sites (tertiary alicyclic amines) is 1. The van der Waals surface area contributed by atoms with Crippen LogP contribution in [0.25, 0.3) is 16.7 Å². The predicted molar refractivity (Wildman–Crippen MR) is 130 cm³/mol. The summed E-state index contributed by atoms with van der Waals surface area (Å²) < 4.78 is 0. The molecule has 5 rings (SSSR count). The Balaban J connectivity index is 1.56. The molecule has 6 nitrogen and oxygen atoms in total. The van der Waals surface area contributed by atoms with Gasteiger partial charge < -0.3 is 20.1 Å². The number of Topliss-reactive ketones (excluding diaryl/α,β-unsaturated/α-hetero) is 1. The number of hydrogen-bond donors (Lipinski definition) is 3. The Kier molecular flexibility index (Phi) is 5.42. The molecule has 0 spiro atoms. The Bertz CT molecular complexity index is 1420. The second kappa shape index (κ2) is 8.56. The molecular formula is C28H24N2O4. The lowest BCUT2D eigenvalue weighted by atomic mass is 9.95. The summed E-state index contributed by atoms with van der Waals surface area (Å²) in [6, 6.07) is 20.7. The number of hydrogen-bond acceptors (Lipinski definition) is 4. The van der Waals surface area contributed by atoms with Crippen LogP contribution in [-0.2, 0) is 16.0 Å². The van der Waals surface area contributed by atoms with E-state index in [0.717, 1.165) is 22.0 Å². The molecule has 0 radical (unpaired) electrons. The van der Waals surface area contributed by atoms with Crippen molar-refractivity contribution in [3.05, 3.63) is 107 Å². The number of carbonyl (C=O) groups excluding carboxylic acids is 2. The number of amides is 1. The molecule has 6 heteroatoms. The highest BCUT2D eigenvalue weighted by molar-refractivity contribution is 6.46. The molecule has 3 N–H and O–H groups in total. The summed E-state index contributed by atoms with van der Waals surface area (Å²) >= 11 is 0. The average Bonchev–Trinajstić information content (AvgIpc) is 3.37. The molecule has 1 aliphatic heterocycles. The van der Waals surface area contributed by atoms with Crippen molar-refractivity contribution in [1.82, 2.24) is 9.88 Å². The molecule has 0 aliphatic carbocycles. The largest absolute Gasteiger partial charge is 0.508 e. The molecule has 1 fully saturated rings. The zero-order chi connectivity index (χ0) is 23.8. The lowest BCUT2D eigenvalue weighted by Crippen LogP contribution is -2.31. The van der Waals surface area contributed by atoms with Gasteiger partial charge in [-0.25, -0.2) is 0 Å². The van der Waals surface area contributed by atoms with Gasteiger partial charge >= 0.3 is 0 Å². The van der Waals surface area contributed by atoms with Crippen LogP contribution < -0.4 is 0 Å². The van der Waals surface area contributed by atoms with Crippen molar-refractivity contribution in [2.75, 3.05) is 6.54 Å². The third kappa shape index (κ3) is 3.73. The Hall–Kier alpha value is -4.32. The van der Waals surface area contributed by atoms with Gasteiger partial charge in [-0.15, -0.1) is 0 Å². The monoisotopic (exact) mass is 452 g/mol. The second-order valence-electron chi connectivity index (χ2n) is 8.56. The number of carbonyl (C=O) groups is 2. The Labute approximate surface area is 196 Å². The molecule has 1 saturated heterocycles. The first-order chi connectivity index (χ1) is 16.4. The Morgan fingerprint density at radius 3 is 2.41 bits per heavy atom. The van der Waals surface area contributed by atoms with Crippen molar-refractivity contribution in [2.24, 2.45) is 0 Å². The fourth-order valence-electron chi connectivity index (χ4n) is 4.56. The number of benzene rings is 3. The van der Waals surface area contributed by atoms with Crippen molar-refractivity contribution < 1.29 is 19.8 Å². The average molecular weight is 453 g/mol. The molecular weight excluding hydrogens is 428 g/mol. The fraction of sp³-hybridized carbons (Fsp3) is 0.143. The van der Waals surface area contributed by atoms with E-state index in [1.807, 2.05) is 49.5 Å². The molecule has 0 saturated carbocycles. The maximum atomic E-state index is 13.2. The standard InChI is InChI=1S/C28H24N2O4/c1-17-6-8-19(9-7-17)26(32)24-25(18-10-12-21(31)13-11-18)30(28(34)27(24)33)15-14-20-16-29-23-5-3-2-4-22(20)23/h2-13,16,25,29,31-32H,14-15H2,1H3/b26-24+. The molecule has 170 valence electrons. The molecule has 1 aromatic heterocycles. The quantitative estimate of drug-likeness (QED) is 0.229. The van der Waals surface area contributed by atoms with Gasteiger partial charge in [0.25, 0.3) is 11.7 Å². The molecule has 1 amide bonds. The third-order valence-corrected chi connectivity index (χ3v) is 6.37. The number of aromatic nitrogens is 1.